The van der Waals surface area contributed by atoms with Crippen LogP contribution in [0.5, 0.6) is 11.5 Å². The van der Waals surface area contributed by atoms with Crippen molar-refractivity contribution >= 4 is 17.3 Å². The molecule has 0 fully saturated rings. The van der Waals surface area contributed by atoms with Crippen LogP contribution in [0, 0.1) is 5.82 Å². The number of methoxy groups -OCH3 is 2. The van der Waals surface area contributed by atoms with Crippen LogP contribution in [0.2, 0.25) is 0 Å². The van der Waals surface area contributed by atoms with Gasteiger partial charge in [0.1, 0.15) is 5.75 Å². The van der Waals surface area contributed by atoms with E-state index in [1.807, 2.05) is 0 Å². The number of carbonyl (C=O) groups excluding carboxylic acids is 1. The van der Waals surface area contributed by atoms with Crippen LogP contribution in [0.3, 0.4) is 0 Å². The highest BCUT2D eigenvalue weighted by Crippen LogP contribution is 2.23. The number of ether oxygens (including phenoxy) is 2. The zero-order valence-corrected chi connectivity index (χ0v) is 11.6. The van der Waals surface area contributed by atoms with Crippen LogP contribution in [0.4, 0.5) is 15.8 Å². The first-order valence-corrected chi connectivity index (χ1v) is 6.13. The van der Waals surface area contributed by atoms with Crippen LogP contribution in [0.15, 0.2) is 36.4 Å². The lowest BCUT2D eigenvalue weighted by Crippen LogP contribution is -2.14. The molecule has 0 radical (unpaired) electrons. The molecule has 21 heavy (non-hydrogen) atoms. The summed E-state index contributed by atoms with van der Waals surface area (Å²) >= 11 is 0. The van der Waals surface area contributed by atoms with Crippen LogP contribution < -0.4 is 20.5 Å². The SMILES string of the molecule is COc1ccc(N)c(C(=O)Nc2ccc(OC)c(F)c2)c1. The van der Waals surface area contributed by atoms with E-state index in [9.17, 15) is 9.18 Å². The van der Waals surface area contributed by atoms with Crippen molar-refractivity contribution in [3.8, 4) is 11.5 Å². The maximum absolute atomic E-state index is 13.6. The van der Waals surface area contributed by atoms with Gasteiger partial charge in [-0.3, -0.25) is 4.79 Å². The van der Waals surface area contributed by atoms with E-state index in [0.717, 1.165) is 0 Å². The molecule has 2 rings (SSSR count). The average molecular weight is 290 g/mol. The Labute approximate surface area is 121 Å². The second-order valence-electron chi connectivity index (χ2n) is 4.26. The predicted molar refractivity (Wildman–Crippen MR) is 78.3 cm³/mol. The predicted octanol–water partition coefficient (Wildman–Crippen LogP) is 2.68. The van der Waals surface area contributed by atoms with Gasteiger partial charge in [0.15, 0.2) is 11.6 Å². The van der Waals surface area contributed by atoms with E-state index < -0.39 is 11.7 Å². The van der Waals surface area contributed by atoms with E-state index in [-0.39, 0.29) is 11.3 Å². The van der Waals surface area contributed by atoms with E-state index >= 15 is 0 Å². The van der Waals surface area contributed by atoms with Crippen molar-refractivity contribution in [3.63, 3.8) is 0 Å². The van der Waals surface area contributed by atoms with Gasteiger partial charge < -0.3 is 20.5 Å². The summed E-state index contributed by atoms with van der Waals surface area (Å²) in [5.74, 6) is -0.394. The van der Waals surface area contributed by atoms with Gasteiger partial charge in [-0.15, -0.1) is 0 Å². The normalized spacial score (nSPS) is 10.0. The molecule has 0 unspecified atom stereocenters. The largest absolute Gasteiger partial charge is 0.497 e. The molecule has 0 heterocycles. The molecule has 110 valence electrons. The first kappa shape index (κ1) is 14.6. The monoisotopic (exact) mass is 290 g/mol. The van der Waals surface area contributed by atoms with Crippen LogP contribution in [0.25, 0.3) is 0 Å². The zero-order chi connectivity index (χ0) is 15.4. The standard InChI is InChI=1S/C15H15FN2O3/c1-20-10-4-5-13(17)11(8-10)15(19)18-9-3-6-14(21-2)12(16)7-9/h3-8H,17H2,1-2H3,(H,18,19). The number of carbonyl (C=O) groups is 1. The minimum atomic E-state index is -0.561. The number of nitrogens with one attached hydrogen (secondary N) is 1. The molecule has 0 aromatic heterocycles. The lowest BCUT2D eigenvalue weighted by molar-refractivity contribution is 0.102. The van der Waals surface area contributed by atoms with Gasteiger partial charge in [-0.25, -0.2) is 4.39 Å². The molecule has 1 amide bonds. The van der Waals surface area contributed by atoms with Gasteiger partial charge in [-0.05, 0) is 30.3 Å². The van der Waals surface area contributed by atoms with E-state index in [2.05, 4.69) is 5.32 Å². The van der Waals surface area contributed by atoms with E-state index in [4.69, 9.17) is 15.2 Å². The van der Waals surface area contributed by atoms with Gasteiger partial charge in [0, 0.05) is 17.4 Å². The van der Waals surface area contributed by atoms with Gasteiger partial charge in [-0.1, -0.05) is 0 Å². The molecule has 2 aromatic carbocycles. The van der Waals surface area contributed by atoms with Crippen molar-refractivity contribution in [2.24, 2.45) is 0 Å². The van der Waals surface area contributed by atoms with Crippen molar-refractivity contribution < 1.29 is 18.7 Å². The summed E-state index contributed by atoms with van der Waals surface area (Å²) in [5, 5.41) is 2.57. The smallest absolute Gasteiger partial charge is 0.257 e. The third kappa shape index (κ3) is 3.22. The molecule has 0 saturated heterocycles. The molecule has 0 atom stereocenters. The Balaban J connectivity index is 2.23. The topological polar surface area (TPSA) is 73.6 Å². The van der Waals surface area contributed by atoms with Gasteiger partial charge in [-0.2, -0.15) is 0 Å². The third-order valence-electron chi connectivity index (χ3n) is 2.91. The molecule has 0 saturated carbocycles. The Morgan fingerprint density at radius 1 is 1.14 bits per heavy atom. The maximum atomic E-state index is 13.6. The van der Waals surface area contributed by atoms with Gasteiger partial charge in [0.05, 0.1) is 19.8 Å². The van der Waals surface area contributed by atoms with Crippen LogP contribution in [-0.2, 0) is 0 Å². The molecule has 5 nitrogen and oxygen atoms in total. The summed E-state index contributed by atoms with van der Waals surface area (Å²) < 4.78 is 23.4. The van der Waals surface area contributed by atoms with E-state index in [1.54, 1.807) is 12.1 Å². The molecule has 0 bridgehead atoms. The molecule has 0 aliphatic rings. The summed E-state index contributed by atoms with van der Waals surface area (Å²) in [6.45, 7) is 0. The van der Waals surface area contributed by atoms with Gasteiger partial charge in [0.2, 0.25) is 0 Å². The number of nitrogens with two attached hydrogens (primary N) is 1. The number of nitrogen functional groups attached to an aromatic ring is 1. The zero-order valence-electron chi connectivity index (χ0n) is 11.6. The fourth-order valence-corrected chi connectivity index (χ4v) is 1.80. The molecular formula is C15H15FN2O3. The van der Waals surface area contributed by atoms with Crippen LogP contribution in [0.1, 0.15) is 10.4 Å². The number of benzene rings is 2. The van der Waals surface area contributed by atoms with Crippen LogP contribution >= 0.6 is 0 Å². The van der Waals surface area contributed by atoms with E-state index in [0.29, 0.717) is 17.1 Å². The fraction of sp³-hybridized carbons (Fsp3) is 0.133. The summed E-state index contributed by atoms with van der Waals surface area (Å²) in [6.07, 6.45) is 0. The summed E-state index contributed by atoms with van der Waals surface area (Å²) in [5.41, 5.74) is 6.63. The fourth-order valence-electron chi connectivity index (χ4n) is 1.80. The Hall–Kier alpha value is -2.76. The Morgan fingerprint density at radius 3 is 2.52 bits per heavy atom. The van der Waals surface area contributed by atoms with Crippen molar-refractivity contribution in [2.75, 3.05) is 25.3 Å². The highest BCUT2D eigenvalue weighted by molar-refractivity contribution is 6.08. The molecule has 3 N–H and O–H groups in total. The van der Waals surface area contributed by atoms with Crippen molar-refractivity contribution in [1.82, 2.24) is 0 Å². The third-order valence-corrected chi connectivity index (χ3v) is 2.91. The van der Waals surface area contributed by atoms with Crippen molar-refractivity contribution in [1.29, 1.82) is 0 Å². The minimum Gasteiger partial charge on any atom is -0.497 e. The Bertz CT molecular complexity index is 674. The highest BCUT2D eigenvalue weighted by Gasteiger charge is 2.12. The summed E-state index contributed by atoms with van der Waals surface area (Å²) in [6, 6.07) is 8.88. The summed E-state index contributed by atoms with van der Waals surface area (Å²) in [4.78, 5) is 12.2. The molecule has 0 spiro atoms. The Morgan fingerprint density at radius 2 is 1.90 bits per heavy atom. The number of anilines is 2. The van der Waals surface area contributed by atoms with Crippen molar-refractivity contribution in [3.05, 3.63) is 47.8 Å². The number of hydrogen-bond acceptors (Lipinski definition) is 4. The molecule has 6 heteroatoms. The minimum absolute atomic E-state index is 0.105. The lowest BCUT2D eigenvalue weighted by Gasteiger charge is -2.10. The summed E-state index contributed by atoms with van der Waals surface area (Å²) in [7, 11) is 2.86. The number of hydrogen-bond donors (Lipinski definition) is 2. The number of halogens is 1. The second-order valence-corrected chi connectivity index (χ2v) is 4.26. The maximum Gasteiger partial charge on any atom is 0.257 e. The van der Waals surface area contributed by atoms with E-state index in [1.165, 1.54) is 38.5 Å². The van der Waals surface area contributed by atoms with Crippen molar-refractivity contribution in [2.45, 2.75) is 0 Å². The number of amides is 1. The highest BCUT2D eigenvalue weighted by atomic mass is 19.1. The first-order valence-electron chi connectivity index (χ1n) is 6.13. The quantitative estimate of drug-likeness (QED) is 0.849. The Kier molecular flexibility index (Phi) is 4.27. The van der Waals surface area contributed by atoms with Gasteiger partial charge in [0.25, 0.3) is 5.91 Å². The molecular weight excluding hydrogens is 275 g/mol. The molecule has 2 aromatic rings. The van der Waals surface area contributed by atoms with Crippen LogP contribution in [-0.4, -0.2) is 20.1 Å². The molecule has 0 aliphatic heterocycles. The average Bonchev–Trinajstić information content (AvgIpc) is 2.48. The van der Waals surface area contributed by atoms with Gasteiger partial charge >= 0.3 is 0 Å². The second kappa shape index (κ2) is 6.13. The number of rotatable bonds is 4. The molecule has 0 aliphatic carbocycles. The lowest BCUT2D eigenvalue weighted by atomic mass is 10.1. The first-order chi connectivity index (χ1) is 10.0.